The van der Waals surface area contributed by atoms with Crippen LogP contribution in [0.25, 0.3) is 0 Å². The fourth-order valence-corrected chi connectivity index (χ4v) is 5.66. The number of hydrogen-bond donors (Lipinski definition) is 1. The van der Waals surface area contributed by atoms with E-state index in [0.717, 1.165) is 19.4 Å². The summed E-state index contributed by atoms with van der Waals surface area (Å²) in [5, 5.41) is 2.82. The van der Waals surface area contributed by atoms with Gasteiger partial charge in [-0.25, -0.2) is 8.42 Å². The molecule has 0 saturated carbocycles. The topological polar surface area (TPSA) is 84.9 Å². The fourth-order valence-electron chi connectivity index (χ4n) is 3.40. The lowest BCUT2D eigenvalue weighted by molar-refractivity contribution is -0.128. The van der Waals surface area contributed by atoms with Crippen LogP contribution in [0.15, 0.2) is 0 Å². The lowest BCUT2D eigenvalue weighted by Gasteiger charge is -2.42. The van der Waals surface area contributed by atoms with Crippen molar-refractivity contribution in [2.24, 2.45) is 5.92 Å². The second kappa shape index (κ2) is 7.46. The molecule has 7 nitrogen and oxygen atoms in total. The summed E-state index contributed by atoms with van der Waals surface area (Å²) >= 11 is 0. The number of amides is 1. The van der Waals surface area contributed by atoms with E-state index in [1.54, 1.807) is 6.92 Å². The summed E-state index contributed by atoms with van der Waals surface area (Å²) < 4.78 is 38.1. The fraction of sp³-hybridized carbons (Fsp3) is 0.933. The molecule has 0 radical (unpaired) electrons. The minimum Gasteiger partial charge on any atom is -0.381 e. The monoisotopic (exact) mass is 348 g/mol. The number of nitrogens with zero attached hydrogens (tertiary/aromatic N) is 1. The second-order valence-electron chi connectivity index (χ2n) is 6.57. The lowest BCUT2D eigenvalue weighted by atomic mass is 9.97. The smallest absolute Gasteiger partial charge is 0.238 e. The number of rotatable bonds is 5. The van der Waals surface area contributed by atoms with Gasteiger partial charge in [0.2, 0.25) is 15.9 Å². The van der Waals surface area contributed by atoms with Crippen molar-refractivity contribution in [2.75, 3.05) is 26.1 Å². The normalized spacial score (nSPS) is 34.9. The van der Waals surface area contributed by atoms with Crippen LogP contribution in [-0.2, 0) is 24.3 Å². The molecule has 0 bridgehead atoms. The SMILES string of the molecule is COC(CS(=O)(=O)N1C(C)C(=O)NC(C)C1C)C1CCCOC1. The van der Waals surface area contributed by atoms with Crippen LogP contribution in [0, 0.1) is 5.92 Å². The highest BCUT2D eigenvalue weighted by molar-refractivity contribution is 7.89. The molecule has 8 heteroatoms. The molecule has 1 N–H and O–H groups in total. The molecule has 0 aromatic rings. The maximum atomic E-state index is 12.9. The van der Waals surface area contributed by atoms with E-state index in [4.69, 9.17) is 9.47 Å². The first-order valence-corrected chi connectivity index (χ1v) is 9.81. The minimum absolute atomic E-state index is 0.0742. The van der Waals surface area contributed by atoms with Gasteiger partial charge in [-0.05, 0) is 33.6 Å². The van der Waals surface area contributed by atoms with Crippen molar-refractivity contribution in [1.82, 2.24) is 9.62 Å². The first kappa shape index (κ1) is 18.6. The largest absolute Gasteiger partial charge is 0.381 e. The van der Waals surface area contributed by atoms with E-state index in [-0.39, 0.29) is 29.7 Å². The van der Waals surface area contributed by atoms with Gasteiger partial charge in [-0.3, -0.25) is 4.79 Å². The number of carbonyl (C=O) groups is 1. The highest BCUT2D eigenvalue weighted by Crippen LogP contribution is 2.25. The Balaban J connectivity index is 2.16. The van der Waals surface area contributed by atoms with Gasteiger partial charge in [0.1, 0.15) is 6.04 Å². The molecule has 2 fully saturated rings. The van der Waals surface area contributed by atoms with Crippen molar-refractivity contribution in [3.63, 3.8) is 0 Å². The van der Waals surface area contributed by atoms with E-state index in [0.29, 0.717) is 6.61 Å². The molecule has 2 heterocycles. The van der Waals surface area contributed by atoms with Crippen molar-refractivity contribution in [3.05, 3.63) is 0 Å². The number of ether oxygens (including phenoxy) is 2. The third-order valence-corrected chi connectivity index (χ3v) is 7.02. The molecular formula is C15H28N2O5S. The predicted molar refractivity (Wildman–Crippen MR) is 86.5 cm³/mol. The molecule has 5 unspecified atom stereocenters. The van der Waals surface area contributed by atoms with Gasteiger partial charge in [0.15, 0.2) is 0 Å². The van der Waals surface area contributed by atoms with Crippen molar-refractivity contribution in [2.45, 2.75) is 57.8 Å². The van der Waals surface area contributed by atoms with E-state index in [9.17, 15) is 13.2 Å². The first-order valence-electron chi connectivity index (χ1n) is 8.20. The van der Waals surface area contributed by atoms with Crippen molar-refractivity contribution < 1.29 is 22.7 Å². The standard InChI is InChI=1S/C15H28N2O5S/c1-10-11(2)17(12(3)15(18)16-10)23(19,20)9-14(21-4)13-6-5-7-22-8-13/h10-14H,5-9H2,1-4H3,(H,16,18). The zero-order valence-electron chi connectivity index (χ0n) is 14.3. The quantitative estimate of drug-likeness (QED) is 0.775. The Hall–Kier alpha value is -0.700. The molecule has 0 aliphatic carbocycles. The van der Waals surface area contributed by atoms with Crippen LogP contribution >= 0.6 is 0 Å². The zero-order chi connectivity index (χ0) is 17.2. The first-order chi connectivity index (χ1) is 10.8. The Morgan fingerprint density at radius 1 is 1.39 bits per heavy atom. The zero-order valence-corrected chi connectivity index (χ0v) is 15.1. The van der Waals surface area contributed by atoms with Gasteiger partial charge in [-0.1, -0.05) is 0 Å². The summed E-state index contributed by atoms with van der Waals surface area (Å²) in [6.45, 7) is 6.51. The van der Waals surface area contributed by atoms with Crippen molar-refractivity contribution >= 4 is 15.9 Å². The van der Waals surface area contributed by atoms with Crippen LogP contribution in [0.2, 0.25) is 0 Å². The molecule has 134 valence electrons. The third kappa shape index (κ3) is 4.04. The van der Waals surface area contributed by atoms with Crippen LogP contribution in [0.1, 0.15) is 33.6 Å². The summed E-state index contributed by atoms with van der Waals surface area (Å²) in [5.74, 6) is -0.300. The van der Waals surface area contributed by atoms with E-state index in [1.165, 1.54) is 11.4 Å². The Labute approximate surface area is 138 Å². The van der Waals surface area contributed by atoms with Crippen LogP contribution in [0.3, 0.4) is 0 Å². The highest BCUT2D eigenvalue weighted by Gasteiger charge is 2.43. The maximum absolute atomic E-state index is 12.9. The average molecular weight is 348 g/mol. The number of nitrogens with one attached hydrogen (secondary N) is 1. The number of carbonyl (C=O) groups excluding carboxylic acids is 1. The molecule has 2 rings (SSSR count). The summed E-state index contributed by atoms with van der Waals surface area (Å²) in [7, 11) is -2.08. The molecule has 5 atom stereocenters. The second-order valence-corrected chi connectivity index (χ2v) is 8.49. The number of hydrogen-bond acceptors (Lipinski definition) is 5. The van der Waals surface area contributed by atoms with Crippen LogP contribution < -0.4 is 5.32 Å². The molecule has 1 amide bonds. The maximum Gasteiger partial charge on any atom is 0.238 e. The lowest BCUT2D eigenvalue weighted by Crippen LogP contribution is -2.64. The molecule has 0 aromatic heterocycles. The van der Waals surface area contributed by atoms with Gasteiger partial charge in [0.05, 0.1) is 18.5 Å². The molecule has 23 heavy (non-hydrogen) atoms. The van der Waals surface area contributed by atoms with E-state index in [2.05, 4.69) is 5.32 Å². The van der Waals surface area contributed by atoms with Gasteiger partial charge in [-0.2, -0.15) is 4.31 Å². The summed E-state index contributed by atoms with van der Waals surface area (Å²) in [4.78, 5) is 12.0. The molecule has 2 aliphatic rings. The summed E-state index contributed by atoms with van der Waals surface area (Å²) in [6.07, 6.45) is 1.40. The van der Waals surface area contributed by atoms with Crippen molar-refractivity contribution in [3.8, 4) is 0 Å². The molecule has 0 aromatic carbocycles. The predicted octanol–water partition coefficient (Wildman–Crippen LogP) is 0.355. The van der Waals surface area contributed by atoms with Gasteiger partial charge >= 0.3 is 0 Å². The minimum atomic E-state index is -3.62. The van der Waals surface area contributed by atoms with Crippen molar-refractivity contribution in [1.29, 1.82) is 0 Å². The van der Waals surface area contributed by atoms with E-state index >= 15 is 0 Å². The van der Waals surface area contributed by atoms with Gasteiger partial charge in [0.25, 0.3) is 0 Å². The number of sulfonamides is 1. The van der Waals surface area contributed by atoms with Gasteiger partial charge < -0.3 is 14.8 Å². The summed E-state index contributed by atoms with van der Waals surface area (Å²) in [5.41, 5.74) is 0. The Bertz CT molecular complexity index is 518. The Kier molecular flexibility index (Phi) is 6.05. The van der Waals surface area contributed by atoms with E-state index in [1.807, 2.05) is 13.8 Å². The Morgan fingerprint density at radius 2 is 2.09 bits per heavy atom. The number of methoxy groups -OCH3 is 1. The average Bonchev–Trinajstić information content (AvgIpc) is 2.51. The molecule has 2 saturated heterocycles. The molecular weight excluding hydrogens is 320 g/mol. The number of piperazine rings is 1. The molecule has 2 aliphatic heterocycles. The van der Waals surface area contributed by atoms with Gasteiger partial charge in [0, 0.05) is 31.7 Å². The van der Waals surface area contributed by atoms with Crippen LogP contribution in [0.5, 0.6) is 0 Å². The molecule has 0 spiro atoms. The van der Waals surface area contributed by atoms with Gasteiger partial charge in [-0.15, -0.1) is 0 Å². The van der Waals surface area contributed by atoms with Crippen LogP contribution in [0.4, 0.5) is 0 Å². The van der Waals surface area contributed by atoms with E-state index < -0.39 is 22.2 Å². The highest BCUT2D eigenvalue weighted by atomic mass is 32.2. The summed E-state index contributed by atoms with van der Waals surface area (Å²) in [6, 6.07) is -1.20. The third-order valence-electron chi connectivity index (χ3n) is 4.98. The Morgan fingerprint density at radius 3 is 2.65 bits per heavy atom. The van der Waals surface area contributed by atoms with Crippen LogP contribution in [-0.4, -0.2) is 68.9 Å².